The van der Waals surface area contributed by atoms with Gasteiger partial charge in [0.2, 0.25) is 0 Å². The third-order valence-electron chi connectivity index (χ3n) is 8.51. The lowest BCUT2D eigenvalue weighted by Crippen LogP contribution is -2.32. The topological polar surface area (TPSA) is 42.0 Å². The second-order valence-electron chi connectivity index (χ2n) is 11.6. The number of ether oxygens (including phenoxy) is 2. The summed E-state index contributed by atoms with van der Waals surface area (Å²) in [7, 11) is 0. The minimum Gasteiger partial charge on any atom is -0.472 e. The van der Waals surface area contributed by atoms with Gasteiger partial charge in [-0.15, -0.1) is 0 Å². The number of anilines is 1. The Hall–Kier alpha value is -5.28. The number of thiocarbonyl (C=S) groups is 1. The van der Waals surface area contributed by atoms with Crippen LogP contribution in [0.5, 0.6) is 11.5 Å². The number of benzene rings is 6. The molecule has 8 heteroatoms. The molecule has 2 aliphatic heterocycles. The highest BCUT2D eigenvalue weighted by molar-refractivity contribution is 8.26. The molecule has 8 rings (SSSR count). The van der Waals surface area contributed by atoms with Gasteiger partial charge in [0.15, 0.2) is 17.8 Å². The average Bonchev–Trinajstić information content (AvgIpc) is 3.65. The molecular weight excluding hydrogens is 677 g/mol. The van der Waals surface area contributed by atoms with E-state index in [4.69, 9.17) is 21.7 Å². The molecule has 0 aromatic heterocycles. The first kappa shape index (κ1) is 32.0. The van der Waals surface area contributed by atoms with Crippen molar-refractivity contribution in [1.29, 1.82) is 0 Å². The predicted molar refractivity (Wildman–Crippen MR) is 213 cm³/mol. The van der Waals surface area contributed by atoms with Crippen molar-refractivity contribution in [3.63, 3.8) is 0 Å². The van der Waals surface area contributed by atoms with E-state index in [9.17, 15) is 4.79 Å². The van der Waals surface area contributed by atoms with E-state index < -0.39 is 0 Å². The molecular formula is C42H30N2O3S3. The number of carbonyl (C=O) groups is 1. The number of thioether (sulfide) groups is 2. The Kier molecular flexibility index (Phi) is 9.13. The van der Waals surface area contributed by atoms with Crippen LogP contribution in [0.1, 0.15) is 0 Å². The van der Waals surface area contributed by atoms with Crippen molar-refractivity contribution in [3.8, 4) is 11.5 Å². The fourth-order valence-corrected chi connectivity index (χ4v) is 8.41. The van der Waals surface area contributed by atoms with Crippen molar-refractivity contribution < 1.29 is 14.3 Å². The third kappa shape index (κ3) is 6.41. The van der Waals surface area contributed by atoms with Gasteiger partial charge in [0, 0.05) is 15.7 Å². The van der Waals surface area contributed by atoms with E-state index in [1.807, 2.05) is 91.0 Å². The Balaban J connectivity index is 0.963. The zero-order valence-electron chi connectivity index (χ0n) is 26.8. The lowest BCUT2D eigenvalue weighted by atomic mass is 10.1. The number of carbonyl (C=O) groups excluding carboxylic acids is 1. The molecule has 2 heterocycles. The summed E-state index contributed by atoms with van der Waals surface area (Å²) >= 11 is 8.54. The van der Waals surface area contributed by atoms with Gasteiger partial charge in [-0.3, -0.25) is 9.69 Å². The molecule has 6 aromatic rings. The maximum absolute atomic E-state index is 13.2. The smallest absolute Gasteiger partial charge is 0.268 e. The van der Waals surface area contributed by atoms with Gasteiger partial charge in [-0.05, 0) is 51.9 Å². The summed E-state index contributed by atoms with van der Waals surface area (Å²) in [5.74, 6) is 1.41. The van der Waals surface area contributed by atoms with Gasteiger partial charge < -0.3 is 14.4 Å². The molecule has 0 N–H and O–H groups in total. The van der Waals surface area contributed by atoms with Gasteiger partial charge in [-0.25, -0.2) is 0 Å². The number of nitrogens with zero attached hydrogens (tertiary/aromatic N) is 2. The third-order valence-corrected chi connectivity index (χ3v) is 11.1. The molecule has 50 heavy (non-hydrogen) atoms. The molecule has 0 radical (unpaired) electrons. The maximum Gasteiger partial charge on any atom is 0.268 e. The van der Waals surface area contributed by atoms with Crippen LogP contribution in [0, 0.1) is 0 Å². The Morgan fingerprint density at radius 2 is 1.10 bits per heavy atom. The molecule has 1 fully saturated rings. The van der Waals surface area contributed by atoms with Crippen molar-refractivity contribution in [1.82, 2.24) is 4.90 Å². The maximum atomic E-state index is 13.2. The van der Waals surface area contributed by atoms with Crippen molar-refractivity contribution in [2.75, 3.05) is 18.4 Å². The van der Waals surface area contributed by atoms with Crippen LogP contribution < -0.4 is 14.4 Å². The first-order chi connectivity index (χ1) is 24.6. The lowest BCUT2D eigenvalue weighted by molar-refractivity contribution is -0.124. The van der Waals surface area contributed by atoms with E-state index in [0.717, 1.165) is 43.8 Å². The second-order valence-corrected chi connectivity index (χ2v) is 14.3. The Morgan fingerprint density at radius 1 is 0.560 bits per heavy atom. The van der Waals surface area contributed by atoms with Crippen LogP contribution in [0.2, 0.25) is 0 Å². The number of rotatable bonds is 9. The van der Waals surface area contributed by atoms with Crippen LogP contribution >= 0.6 is 35.7 Å². The summed E-state index contributed by atoms with van der Waals surface area (Å²) < 4.78 is 13.0. The monoisotopic (exact) mass is 706 g/mol. The van der Waals surface area contributed by atoms with Gasteiger partial charge in [0.1, 0.15) is 11.5 Å². The Morgan fingerprint density at radius 3 is 1.76 bits per heavy atom. The van der Waals surface area contributed by atoms with Crippen LogP contribution in [0.4, 0.5) is 5.69 Å². The Bertz CT molecular complexity index is 2400. The number of fused-ring (bicyclic) bond motifs is 5. The van der Waals surface area contributed by atoms with Crippen molar-refractivity contribution in [2.24, 2.45) is 0 Å². The van der Waals surface area contributed by atoms with Crippen molar-refractivity contribution in [3.05, 3.63) is 168 Å². The number of allylic oxidation sites excluding steroid dienone is 6. The molecule has 6 aromatic carbocycles. The number of hydrogen-bond donors (Lipinski definition) is 0. The molecule has 1 amide bonds. The van der Waals surface area contributed by atoms with E-state index in [0.29, 0.717) is 16.0 Å². The molecule has 1 saturated heterocycles. The minimum atomic E-state index is -0.162. The minimum absolute atomic E-state index is 0.0588. The van der Waals surface area contributed by atoms with Gasteiger partial charge >= 0.3 is 0 Å². The molecule has 5 nitrogen and oxygen atoms in total. The van der Waals surface area contributed by atoms with Crippen LogP contribution in [0.15, 0.2) is 173 Å². The van der Waals surface area contributed by atoms with Gasteiger partial charge in [-0.1, -0.05) is 163 Å². The highest BCUT2D eigenvalue weighted by atomic mass is 32.2. The molecule has 0 aliphatic carbocycles. The van der Waals surface area contributed by atoms with E-state index in [1.54, 1.807) is 17.8 Å². The standard InChI is InChI=1S/C42H30N2O3S3/c45-41-38(49-42(48)44(41)28-47-37-22-12-17-30-14-6-9-19-33(30)37)23-3-1-2-4-24-39-43(27-46-36-21-11-16-29-13-5-8-18-32(29)36)35-26-25-31-15-7-10-20-34(31)40(35)50-39/h1-26H,27-28H2/b3-1+,4-2-,38-23+,39-24+. The highest BCUT2D eigenvalue weighted by Crippen LogP contribution is 2.49. The van der Waals surface area contributed by atoms with E-state index in [1.165, 1.54) is 32.3 Å². The lowest BCUT2D eigenvalue weighted by Gasteiger charge is -2.21. The molecule has 0 bridgehead atoms. The fraction of sp³-hybridized carbons (Fsp3) is 0.0476. The normalized spacial score (nSPS) is 16.3. The van der Waals surface area contributed by atoms with E-state index in [2.05, 4.69) is 65.6 Å². The van der Waals surface area contributed by atoms with Crippen LogP contribution in [-0.4, -0.2) is 28.6 Å². The van der Waals surface area contributed by atoms with Crippen LogP contribution in [0.25, 0.3) is 32.3 Å². The second kappa shape index (κ2) is 14.3. The van der Waals surface area contributed by atoms with Crippen LogP contribution in [-0.2, 0) is 4.79 Å². The molecule has 2 aliphatic rings. The SMILES string of the molecule is O=C1\C(=C/C=C/C=C\C=C2\Sc3c(ccc4ccccc34)N2COc2cccc3ccccc23)SC(=S)N1COc1cccc2ccccc12. The zero-order valence-corrected chi connectivity index (χ0v) is 29.2. The van der Waals surface area contributed by atoms with E-state index >= 15 is 0 Å². The molecule has 0 spiro atoms. The van der Waals surface area contributed by atoms with Crippen molar-refractivity contribution in [2.45, 2.75) is 4.90 Å². The van der Waals surface area contributed by atoms with Crippen LogP contribution in [0.3, 0.4) is 0 Å². The largest absolute Gasteiger partial charge is 0.472 e. The first-order valence-corrected chi connectivity index (χ1v) is 18.2. The molecule has 0 atom stereocenters. The molecule has 0 unspecified atom stereocenters. The molecule has 0 saturated carbocycles. The molecule has 244 valence electrons. The van der Waals surface area contributed by atoms with Gasteiger partial charge in [0.05, 0.1) is 15.6 Å². The highest BCUT2D eigenvalue weighted by Gasteiger charge is 2.32. The van der Waals surface area contributed by atoms with Gasteiger partial charge in [0.25, 0.3) is 5.91 Å². The average molecular weight is 707 g/mol. The Labute approximate surface area is 304 Å². The van der Waals surface area contributed by atoms with E-state index in [-0.39, 0.29) is 12.6 Å². The summed E-state index contributed by atoms with van der Waals surface area (Å²) in [5, 5.41) is 7.80. The van der Waals surface area contributed by atoms with Crippen molar-refractivity contribution >= 4 is 84.0 Å². The summed E-state index contributed by atoms with van der Waals surface area (Å²) in [5.41, 5.74) is 1.12. The number of hydrogen-bond acceptors (Lipinski definition) is 7. The quantitative estimate of drug-likeness (QED) is 0.0842. The summed E-state index contributed by atoms with van der Waals surface area (Å²) in [6, 6.07) is 41.1. The van der Waals surface area contributed by atoms with Gasteiger partial charge in [-0.2, -0.15) is 0 Å². The zero-order chi connectivity index (χ0) is 33.9. The fourth-order valence-electron chi connectivity index (χ4n) is 6.03. The predicted octanol–water partition coefficient (Wildman–Crippen LogP) is 10.8. The number of amides is 1. The summed E-state index contributed by atoms with van der Waals surface area (Å²) in [6.45, 7) is 0.428. The summed E-state index contributed by atoms with van der Waals surface area (Å²) in [6.07, 6.45) is 11.6. The first-order valence-electron chi connectivity index (χ1n) is 16.1. The summed E-state index contributed by atoms with van der Waals surface area (Å²) in [4.78, 5) is 18.6.